The molecule has 0 aliphatic rings. The van der Waals surface area contributed by atoms with Crippen molar-refractivity contribution in [2.24, 2.45) is 0 Å². The fourth-order valence-electron chi connectivity index (χ4n) is 2.25. The lowest BCUT2D eigenvalue weighted by Gasteiger charge is -2.26. The summed E-state index contributed by atoms with van der Waals surface area (Å²) in [6.07, 6.45) is 4.55. The van der Waals surface area contributed by atoms with Gasteiger partial charge in [-0.3, -0.25) is 4.98 Å². The van der Waals surface area contributed by atoms with Gasteiger partial charge in [-0.2, -0.15) is 0 Å². The van der Waals surface area contributed by atoms with Gasteiger partial charge in [0, 0.05) is 50.8 Å². The molecule has 0 atom stereocenters. The van der Waals surface area contributed by atoms with Crippen molar-refractivity contribution in [3.8, 4) is 0 Å². The number of aromatic nitrogens is 1. The van der Waals surface area contributed by atoms with E-state index in [4.69, 9.17) is 28.6 Å². The zero-order valence-corrected chi connectivity index (χ0v) is 15.3. The Morgan fingerprint density at radius 3 is 2.62 bits per heavy atom. The summed E-state index contributed by atoms with van der Waals surface area (Å²) in [4.78, 5) is 6.31. The number of halogens is 1. The first-order chi connectivity index (χ1) is 11.7. The third kappa shape index (κ3) is 6.43. The Labute approximate surface area is 153 Å². The number of hydrogen-bond acceptors (Lipinski definition) is 3. The van der Waals surface area contributed by atoms with Crippen LogP contribution in [0, 0.1) is 0 Å². The molecule has 1 heterocycles. The summed E-state index contributed by atoms with van der Waals surface area (Å²) in [7, 11) is 1.70. The average molecular weight is 364 g/mol. The SMILES string of the molecule is COCCCNC(=S)N(Cc1ccc(Cl)cc1)Cc1cccnc1. The molecule has 0 saturated heterocycles. The van der Waals surface area contributed by atoms with Crippen LogP contribution in [0.4, 0.5) is 0 Å². The molecule has 0 saturated carbocycles. The molecule has 2 aromatic rings. The minimum Gasteiger partial charge on any atom is -0.385 e. The van der Waals surface area contributed by atoms with E-state index in [1.54, 1.807) is 13.3 Å². The third-order valence-electron chi connectivity index (χ3n) is 3.47. The highest BCUT2D eigenvalue weighted by Crippen LogP contribution is 2.13. The molecule has 0 aliphatic carbocycles. The van der Waals surface area contributed by atoms with Crippen LogP contribution in [0.2, 0.25) is 5.02 Å². The highest BCUT2D eigenvalue weighted by molar-refractivity contribution is 7.80. The Balaban J connectivity index is 2.02. The Bertz CT molecular complexity index is 622. The predicted molar refractivity (Wildman–Crippen MR) is 102 cm³/mol. The molecule has 0 unspecified atom stereocenters. The van der Waals surface area contributed by atoms with Crippen LogP contribution in [0.25, 0.3) is 0 Å². The second-order valence-electron chi connectivity index (χ2n) is 5.42. The normalized spacial score (nSPS) is 10.4. The van der Waals surface area contributed by atoms with E-state index in [-0.39, 0.29) is 0 Å². The maximum absolute atomic E-state index is 5.97. The van der Waals surface area contributed by atoms with Crippen molar-refractivity contribution in [3.05, 3.63) is 64.9 Å². The summed E-state index contributed by atoms with van der Waals surface area (Å²) in [5.74, 6) is 0. The van der Waals surface area contributed by atoms with Crippen LogP contribution in [0.1, 0.15) is 17.5 Å². The van der Waals surface area contributed by atoms with E-state index in [0.29, 0.717) is 13.1 Å². The number of methoxy groups -OCH3 is 1. The summed E-state index contributed by atoms with van der Waals surface area (Å²) >= 11 is 11.5. The summed E-state index contributed by atoms with van der Waals surface area (Å²) in [5, 5.41) is 4.76. The van der Waals surface area contributed by atoms with E-state index >= 15 is 0 Å². The second-order valence-corrected chi connectivity index (χ2v) is 6.25. The molecule has 128 valence electrons. The van der Waals surface area contributed by atoms with E-state index in [1.165, 1.54) is 0 Å². The first kappa shape index (κ1) is 18.6. The van der Waals surface area contributed by atoms with Crippen molar-refractivity contribution < 1.29 is 4.74 Å². The summed E-state index contributed by atoms with van der Waals surface area (Å²) in [5.41, 5.74) is 2.27. The molecule has 1 N–H and O–H groups in total. The van der Waals surface area contributed by atoms with Gasteiger partial charge in [-0.25, -0.2) is 0 Å². The van der Waals surface area contributed by atoms with Gasteiger partial charge in [0.2, 0.25) is 0 Å². The van der Waals surface area contributed by atoms with Crippen LogP contribution in [0.3, 0.4) is 0 Å². The molecule has 4 nitrogen and oxygen atoms in total. The maximum Gasteiger partial charge on any atom is 0.169 e. The van der Waals surface area contributed by atoms with Crippen LogP contribution in [0.5, 0.6) is 0 Å². The fraction of sp³-hybridized carbons (Fsp3) is 0.333. The zero-order valence-electron chi connectivity index (χ0n) is 13.7. The minimum absolute atomic E-state index is 0.701. The van der Waals surface area contributed by atoms with Crippen LogP contribution in [-0.2, 0) is 17.8 Å². The van der Waals surface area contributed by atoms with Gasteiger partial charge < -0.3 is 15.0 Å². The zero-order chi connectivity index (χ0) is 17.2. The van der Waals surface area contributed by atoms with Crippen molar-refractivity contribution in [1.29, 1.82) is 0 Å². The minimum atomic E-state index is 0.701. The van der Waals surface area contributed by atoms with E-state index in [2.05, 4.69) is 21.3 Å². The van der Waals surface area contributed by atoms with Gasteiger partial charge in [0.15, 0.2) is 5.11 Å². The van der Waals surface area contributed by atoms with Gasteiger partial charge in [0.05, 0.1) is 0 Å². The van der Waals surface area contributed by atoms with Crippen LogP contribution in [0.15, 0.2) is 48.8 Å². The molecular formula is C18H22ClN3OS. The van der Waals surface area contributed by atoms with Gasteiger partial charge >= 0.3 is 0 Å². The number of benzene rings is 1. The highest BCUT2D eigenvalue weighted by Gasteiger charge is 2.11. The quantitative estimate of drug-likeness (QED) is 0.572. The molecule has 0 bridgehead atoms. The third-order valence-corrected chi connectivity index (χ3v) is 4.13. The highest BCUT2D eigenvalue weighted by atomic mass is 35.5. The summed E-state index contributed by atoms with van der Waals surface area (Å²) < 4.78 is 5.07. The van der Waals surface area contributed by atoms with Crippen molar-refractivity contribution in [3.63, 3.8) is 0 Å². The number of ether oxygens (including phenoxy) is 1. The van der Waals surface area contributed by atoms with Crippen molar-refractivity contribution >= 4 is 28.9 Å². The van der Waals surface area contributed by atoms with E-state index < -0.39 is 0 Å². The van der Waals surface area contributed by atoms with Gasteiger partial charge in [-0.05, 0) is 48.0 Å². The monoisotopic (exact) mass is 363 g/mol. The molecule has 24 heavy (non-hydrogen) atoms. The van der Waals surface area contributed by atoms with Gasteiger partial charge in [0.1, 0.15) is 0 Å². The average Bonchev–Trinajstić information content (AvgIpc) is 2.61. The number of rotatable bonds is 8. The van der Waals surface area contributed by atoms with E-state index in [1.807, 2.05) is 36.5 Å². The Morgan fingerprint density at radius 1 is 1.21 bits per heavy atom. The lowest BCUT2D eigenvalue weighted by atomic mass is 10.2. The Hall–Kier alpha value is -1.69. The van der Waals surface area contributed by atoms with Gasteiger partial charge in [-0.15, -0.1) is 0 Å². The number of hydrogen-bond donors (Lipinski definition) is 1. The van der Waals surface area contributed by atoms with Gasteiger partial charge in [0.25, 0.3) is 0 Å². The molecule has 0 aliphatic heterocycles. The van der Waals surface area contributed by atoms with Crippen molar-refractivity contribution in [2.45, 2.75) is 19.5 Å². The largest absolute Gasteiger partial charge is 0.385 e. The van der Waals surface area contributed by atoms with Crippen molar-refractivity contribution in [2.75, 3.05) is 20.3 Å². The molecule has 2 rings (SSSR count). The lowest BCUT2D eigenvalue weighted by Crippen LogP contribution is -2.39. The Morgan fingerprint density at radius 2 is 1.96 bits per heavy atom. The lowest BCUT2D eigenvalue weighted by molar-refractivity contribution is 0.195. The maximum atomic E-state index is 5.97. The molecule has 0 amide bonds. The fourth-order valence-corrected chi connectivity index (χ4v) is 2.60. The number of nitrogens with one attached hydrogen (secondary N) is 1. The predicted octanol–water partition coefficient (Wildman–Crippen LogP) is 3.65. The molecule has 1 aromatic heterocycles. The molecule has 0 fully saturated rings. The molecular weight excluding hydrogens is 342 g/mol. The topological polar surface area (TPSA) is 37.4 Å². The number of thiocarbonyl (C=S) groups is 1. The molecule has 0 radical (unpaired) electrons. The van der Waals surface area contributed by atoms with E-state index in [0.717, 1.165) is 40.8 Å². The number of nitrogens with zero attached hydrogens (tertiary/aromatic N) is 2. The first-order valence-electron chi connectivity index (χ1n) is 7.84. The standard InChI is InChI=1S/C18H22ClN3OS/c1-23-11-3-10-21-18(24)22(14-16-4-2-9-20-12-16)13-15-5-7-17(19)8-6-15/h2,4-9,12H,3,10-11,13-14H2,1H3,(H,21,24). The van der Waals surface area contributed by atoms with Crippen LogP contribution >= 0.6 is 23.8 Å². The molecule has 0 spiro atoms. The smallest absolute Gasteiger partial charge is 0.169 e. The number of pyridine rings is 1. The summed E-state index contributed by atoms with van der Waals surface area (Å²) in [6.45, 7) is 2.92. The van der Waals surface area contributed by atoms with Crippen molar-refractivity contribution in [1.82, 2.24) is 15.2 Å². The van der Waals surface area contributed by atoms with Gasteiger partial charge in [-0.1, -0.05) is 29.8 Å². The van der Waals surface area contributed by atoms with Crippen LogP contribution in [-0.4, -0.2) is 35.3 Å². The molecule has 1 aromatic carbocycles. The van der Waals surface area contributed by atoms with Crippen LogP contribution < -0.4 is 5.32 Å². The summed E-state index contributed by atoms with van der Waals surface area (Å²) in [6, 6.07) is 11.8. The van der Waals surface area contributed by atoms with E-state index in [9.17, 15) is 0 Å². The Kier molecular flexibility index (Phi) is 7.95. The first-order valence-corrected chi connectivity index (χ1v) is 8.62. The molecule has 6 heteroatoms. The second kappa shape index (κ2) is 10.2.